The number of ether oxygens (including phenoxy) is 2. The van der Waals surface area contributed by atoms with Gasteiger partial charge in [-0.05, 0) is 76.3 Å². The average Bonchev–Trinajstić information content (AvgIpc) is 3.51. The first kappa shape index (κ1) is 25.9. The van der Waals surface area contributed by atoms with Crippen molar-refractivity contribution >= 4 is 34.9 Å². The molecule has 6 rings (SSSR count). The number of fused-ring (bicyclic) bond motifs is 2. The fraction of sp³-hybridized carbons (Fsp3) is 0.161. The summed E-state index contributed by atoms with van der Waals surface area (Å²) in [4.78, 5) is 42.5. The molecule has 10 heteroatoms. The van der Waals surface area contributed by atoms with Crippen LogP contribution in [0, 0.1) is 0 Å². The van der Waals surface area contributed by atoms with Gasteiger partial charge in [0.1, 0.15) is 5.54 Å². The number of carbonyl (C=O) groups is 3. The first-order valence-corrected chi connectivity index (χ1v) is 12.9. The molecule has 1 atom stereocenters. The van der Waals surface area contributed by atoms with Crippen LogP contribution in [0.3, 0.4) is 0 Å². The number of nitrogens with two attached hydrogens (primary N) is 1. The van der Waals surface area contributed by atoms with Gasteiger partial charge in [0.05, 0.1) is 18.3 Å². The number of rotatable bonds is 7. The van der Waals surface area contributed by atoms with E-state index in [1.807, 2.05) is 36.4 Å². The highest BCUT2D eigenvalue weighted by Crippen LogP contribution is 2.43. The van der Waals surface area contributed by atoms with E-state index in [0.29, 0.717) is 22.6 Å². The zero-order valence-electron chi connectivity index (χ0n) is 22.1. The van der Waals surface area contributed by atoms with Crippen LogP contribution in [-0.2, 0) is 23.4 Å². The molecule has 2 aliphatic rings. The summed E-state index contributed by atoms with van der Waals surface area (Å²) < 4.78 is 11.0. The summed E-state index contributed by atoms with van der Waals surface area (Å²) >= 11 is 0. The first-order valence-electron chi connectivity index (χ1n) is 12.9. The fourth-order valence-electron chi connectivity index (χ4n) is 5.39. The average molecular weight is 551 g/mol. The van der Waals surface area contributed by atoms with Crippen LogP contribution in [0.4, 0.5) is 4.79 Å². The number of amides is 3. The number of imide groups is 1. The number of carbonyl (C=O) groups excluding carboxylic acids is 2. The maximum absolute atomic E-state index is 14.2. The van der Waals surface area contributed by atoms with Gasteiger partial charge < -0.3 is 25.3 Å². The molecule has 1 saturated heterocycles. The SMILES string of the molecule is CC1(c2ccc3c(c2)OCO3)C(=O)N(Cc2ccc3ccc(C=NN)cc3c2)C(=O)N1Cc1cccc(C(=O)O)c1. The van der Waals surface area contributed by atoms with Crippen molar-refractivity contribution in [2.75, 3.05) is 6.79 Å². The quantitative estimate of drug-likeness (QED) is 0.150. The van der Waals surface area contributed by atoms with Gasteiger partial charge in [0, 0.05) is 6.54 Å². The third kappa shape index (κ3) is 4.49. The minimum absolute atomic E-state index is 0.0205. The van der Waals surface area contributed by atoms with Gasteiger partial charge in [-0.3, -0.25) is 9.69 Å². The second-order valence-electron chi connectivity index (χ2n) is 10.1. The number of hydrazone groups is 1. The standard InChI is InChI=1S/C31H26N4O6/c1-31(25-9-10-26-27(14-25)41-18-40-26)29(38)34(30(39)35(31)17-20-3-2-4-23(12-20)28(36)37)16-21-6-8-22-7-5-19(15-33-32)11-24(22)13-21/h2-15H,16-18,32H2,1H3,(H,36,37). The zero-order valence-corrected chi connectivity index (χ0v) is 22.1. The molecule has 1 fully saturated rings. The third-order valence-electron chi connectivity index (χ3n) is 7.61. The summed E-state index contributed by atoms with van der Waals surface area (Å²) in [5, 5.41) is 15.0. The molecule has 0 radical (unpaired) electrons. The lowest BCUT2D eigenvalue weighted by Gasteiger charge is -2.32. The van der Waals surface area contributed by atoms with Crippen molar-refractivity contribution in [1.82, 2.24) is 9.80 Å². The van der Waals surface area contributed by atoms with Crippen molar-refractivity contribution in [3.8, 4) is 11.5 Å². The fourth-order valence-corrected chi connectivity index (χ4v) is 5.39. The van der Waals surface area contributed by atoms with Crippen LogP contribution in [0.15, 0.2) is 84.0 Å². The molecule has 3 N–H and O–H groups in total. The van der Waals surface area contributed by atoms with Crippen LogP contribution in [0.25, 0.3) is 10.8 Å². The minimum atomic E-state index is -1.39. The lowest BCUT2D eigenvalue weighted by atomic mass is 9.89. The Morgan fingerprint density at radius 1 is 0.951 bits per heavy atom. The molecule has 0 aliphatic carbocycles. The van der Waals surface area contributed by atoms with E-state index in [1.54, 1.807) is 43.5 Å². The molecule has 0 bridgehead atoms. The first-order chi connectivity index (χ1) is 19.8. The monoisotopic (exact) mass is 550 g/mol. The van der Waals surface area contributed by atoms with Gasteiger partial charge in [0.25, 0.3) is 5.91 Å². The molecular weight excluding hydrogens is 524 g/mol. The Labute approximate surface area is 235 Å². The van der Waals surface area contributed by atoms with Crippen LogP contribution < -0.4 is 15.3 Å². The molecule has 3 amide bonds. The smallest absolute Gasteiger partial charge is 0.335 e. The Balaban J connectivity index is 1.39. The molecule has 41 heavy (non-hydrogen) atoms. The number of nitrogens with zero attached hydrogens (tertiary/aromatic N) is 3. The molecular formula is C31H26N4O6. The van der Waals surface area contributed by atoms with Crippen molar-refractivity contribution in [2.45, 2.75) is 25.6 Å². The van der Waals surface area contributed by atoms with Gasteiger partial charge in [0.2, 0.25) is 6.79 Å². The van der Waals surface area contributed by atoms with Gasteiger partial charge in [-0.2, -0.15) is 5.10 Å². The molecule has 206 valence electrons. The van der Waals surface area contributed by atoms with E-state index in [-0.39, 0.29) is 25.4 Å². The highest BCUT2D eigenvalue weighted by Gasteiger charge is 2.55. The number of benzene rings is 4. The van der Waals surface area contributed by atoms with Crippen LogP contribution >= 0.6 is 0 Å². The minimum Gasteiger partial charge on any atom is -0.478 e. The maximum atomic E-state index is 14.2. The summed E-state index contributed by atoms with van der Waals surface area (Å²) in [6, 6.07) is 22.6. The van der Waals surface area contributed by atoms with Crippen LogP contribution in [0.5, 0.6) is 11.5 Å². The summed E-state index contributed by atoms with van der Waals surface area (Å²) in [6.45, 7) is 1.84. The van der Waals surface area contributed by atoms with Gasteiger partial charge in [0.15, 0.2) is 11.5 Å². The van der Waals surface area contributed by atoms with Gasteiger partial charge in [-0.1, -0.05) is 42.5 Å². The van der Waals surface area contributed by atoms with E-state index in [4.69, 9.17) is 15.3 Å². The highest BCUT2D eigenvalue weighted by molar-refractivity contribution is 6.07. The van der Waals surface area contributed by atoms with Gasteiger partial charge in [-0.15, -0.1) is 0 Å². The summed E-state index contributed by atoms with van der Waals surface area (Å²) in [5.41, 5.74) is 1.44. The lowest BCUT2D eigenvalue weighted by molar-refractivity contribution is -0.133. The normalized spacial score (nSPS) is 18.2. The summed E-state index contributed by atoms with van der Waals surface area (Å²) in [7, 11) is 0. The van der Waals surface area contributed by atoms with Gasteiger partial charge >= 0.3 is 12.0 Å². The Morgan fingerprint density at radius 3 is 2.54 bits per heavy atom. The topological polar surface area (TPSA) is 135 Å². The summed E-state index contributed by atoms with van der Waals surface area (Å²) in [6.07, 6.45) is 1.55. The van der Waals surface area contributed by atoms with Crippen LogP contribution in [0.1, 0.15) is 39.5 Å². The Morgan fingerprint density at radius 2 is 1.73 bits per heavy atom. The van der Waals surface area contributed by atoms with E-state index in [2.05, 4.69) is 5.10 Å². The molecule has 0 saturated carbocycles. The maximum Gasteiger partial charge on any atom is 0.335 e. The van der Waals surface area contributed by atoms with Crippen LogP contribution in [0.2, 0.25) is 0 Å². The van der Waals surface area contributed by atoms with E-state index in [1.165, 1.54) is 21.9 Å². The number of urea groups is 1. The van der Waals surface area contributed by atoms with E-state index >= 15 is 0 Å². The molecule has 0 spiro atoms. The second-order valence-corrected chi connectivity index (χ2v) is 10.1. The molecule has 0 aromatic heterocycles. The van der Waals surface area contributed by atoms with Crippen molar-refractivity contribution in [2.24, 2.45) is 10.9 Å². The van der Waals surface area contributed by atoms with Gasteiger partial charge in [-0.25, -0.2) is 9.59 Å². The lowest BCUT2D eigenvalue weighted by Crippen LogP contribution is -2.44. The molecule has 2 aliphatic heterocycles. The van der Waals surface area contributed by atoms with E-state index in [9.17, 15) is 19.5 Å². The molecule has 1 unspecified atom stereocenters. The van der Waals surface area contributed by atoms with E-state index in [0.717, 1.165) is 21.9 Å². The van der Waals surface area contributed by atoms with Crippen LogP contribution in [-0.4, -0.2) is 45.8 Å². The third-order valence-corrected chi connectivity index (χ3v) is 7.61. The zero-order chi connectivity index (χ0) is 28.7. The molecule has 10 nitrogen and oxygen atoms in total. The van der Waals surface area contributed by atoms with Crippen molar-refractivity contribution in [3.63, 3.8) is 0 Å². The summed E-state index contributed by atoms with van der Waals surface area (Å²) in [5.74, 6) is 4.87. The number of aromatic carboxylic acids is 1. The Bertz CT molecular complexity index is 1750. The number of hydrogen-bond donors (Lipinski definition) is 2. The van der Waals surface area contributed by atoms with Crippen molar-refractivity contribution in [3.05, 3.63) is 107 Å². The molecule has 4 aromatic rings. The Kier molecular flexibility index (Phi) is 6.30. The predicted octanol–water partition coefficient (Wildman–Crippen LogP) is 4.44. The number of hydrogen-bond acceptors (Lipinski definition) is 7. The molecule has 4 aromatic carbocycles. The number of carboxylic acid groups (broad SMARTS) is 1. The van der Waals surface area contributed by atoms with E-state index < -0.39 is 23.4 Å². The Hall–Kier alpha value is -5.38. The van der Waals surface area contributed by atoms with Crippen molar-refractivity contribution in [1.29, 1.82) is 0 Å². The number of carboxylic acids is 1. The largest absolute Gasteiger partial charge is 0.478 e. The van der Waals surface area contributed by atoms with Crippen molar-refractivity contribution < 1.29 is 29.0 Å². The highest BCUT2D eigenvalue weighted by atomic mass is 16.7. The predicted molar refractivity (Wildman–Crippen MR) is 151 cm³/mol. The molecule has 2 heterocycles. The second kappa shape index (κ2) is 9.98.